The van der Waals surface area contributed by atoms with E-state index in [0.29, 0.717) is 10.8 Å². The lowest BCUT2D eigenvalue weighted by atomic mass is 10.0. The van der Waals surface area contributed by atoms with Crippen LogP contribution in [0.2, 0.25) is 5.02 Å². The molecule has 2 aromatic carbocycles. The Hall–Kier alpha value is -2.25. The van der Waals surface area contributed by atoms with Gasteiger partial charge >= 0.3 is 0 Å². The highest BCUT2D eigenvalue weighted by Crippen LogP contribution is 2.34. The summed E-state index contributed by atoms with van der Waals surface area (Å²) in [7, 11) is -2.36. The van der Waals surface area contributed by atoms with Crippen LogP contribution in [0.4, 0.5) is 5.69 Å². The zero-order valence-electron chi connectivity index (χ0n) is 17.5. The molecule has 0 saturated carbocycles. The number of hydrogen-bond donors (Lipinski definition) is 1. The molecule has 0 unspecified atom stereocenters. The molecule has 2 rings (SSSR count). The number of carbonyl (C=O) groups excluding carboxylic acids is 1. The summed E-state index contributed by atoms with van der Waals surface area (Å²) >= 11 is 6.07. The van der Waals surface area contributed by atoms with Crippen LogP contribution in [-0.4, -0.2) is 33.7 Å². The normalized spacial score (nSPS) is 13.5. The molecular formula is C21H27ClN2O4S. The molecule has 0 saturated heterocycles. The fourth-order valence-corrected chi connectivity index (χ4v) is 4.40. The molecule has 0 aliphatic heterocycles. The van der Waals surface area contributed by atoms with Crippen molar-refractivity contribution in [3.8, 4) is 5.75 Å². The van der Waals surface area contributed by atoms with Gasteiger partial charge in [-0.15, -0.1) is 0 Å². The van der Waals surface area contributed by atoms with E-state index in [9.17, 15) is 13.2 Å². The number of amides is 1. The van der Waals surface area contributed by atoms with E-state index in [4.69, 9.17) is 16.3 Å². The van der Waals surface area contributed by atoms with E-state index in [2.05, 4.69) is 5.32 Å². The molecule has 1 N–H and O–H groups in total. The summed E-state index contributed by atoms with van der Waals surface area (Å²) < 4.78 is 31.4. The first-order valence-corrected chi connectivity index (χ1v) is 11.4. The molecule has 0 aliphatic rings. The molecule has 2 atom stereocenters. The third-order valence-corrected chi connectivity index (χ3v) is 6.32. The summed E-state index contributed by atoms with van der Waals surface area (Å²) in [5, 5.41) is 3.24. The highest BCUT2D eigenvalue weighted by Gasteiger charge is 2.32. The van der Waals surface area contributed by atoms with Crippen molar-refractivity contribution in [2.24, 2.45) is 0 Å². The molecule has 0 spiro atoms. The van der Waals surface area contributed by atoms with Gasteiger partial charge in [-0.1, -0.05) is 29.8 Å². The lowest BCUT2D eigenvalue weighted by molar-refractivity contribution is -0.122. The van der Waals surface area contributed by atoms with Crippen LogP contribution in [0, 0.1) is 13.8 Å². The number of nitrogens with zero attached hydrogens (tertiary/aromatic N) is 1. The Bertz CT molecular complexity index is 1010. The lowest BCUT2D eigenvalue weighted by Crippen LogP contribution is -2.48. The number of benzene rings is 2. The summed E-state index contributed by atoms with van der Waals surface area (Å²) in [5.41, 5.74) is 3.44. The van der Waals surface area contributed by atoms with Crippen LogP contribution in [0.25, 0.3) is 0 Å². The zero-order valence-corrected chi connectivity index (χ0v) is 19.1. The monoisotopic (exact) mass is 438 g/mol. The first-order valence-electron chi connectivity index (χ1n) is 9.16. The molecule has 1 amide bonds. The molecule has 6 nitrogen and oxygen atoms in total. The minimum Gasteiger partial charge on any atom is -0.495 e. The second-order valence-corrected chi connectivity index (χ2v) is 9.42. The SMILES string of the molecule is COc1ccc(Cl)cc1N([C@@H](C)C(=O)N[C@@H](C)c1ccc(C)c(C)c1)S(C)(=O)=O. The molecule has 0 fully saturated rings. The van der Waals surface area contributed by atoms with Gasteiger partial charge < -0.3 is 10.1 Å². The summed E-state index contributed by atoms with van der Waals surface area (Å²) in [6.07, 6.45) is 1.05. The second kappa shape index (κ2) is 9.05. The van der Waals surface area contributed by atoms with Crippen LogP contribution in [0.5, 0.6) is 5.75 Å². The molecular weight excluding hydrogens is 412 g/mol. The summed E-state index contributed by atoms with van der Waals surface area (Å²) in [6.45, 7) is 7.42. The molecule has 29 heavy (non-hydrogen) atoms. The van der Waals surface area contributed by atoms with Crippen molar-refractivity contribution in [1.29, 1.82) is 0 Å². The maximum absolute atomic E-state index is 12.9. The first kappa shape index (κ1) is 23.0. The van der Waals surface area contributed by atoms with Gasteiger partial charge in [-0.3, -0.25) is 9.10 Å². The number of hydrogen-bond acceptors (Lipinski definition) is 4. The Kier molecular flexibility index (Phi) is 7.19. The summed E-state index contributed by atoms with van der Waals surface area (Å²) in [6, 6.07) is 9.30. The van der Waals surface area contributed by atoms with Crippen molar-refractivity contribution in [2.75, 3.05) is 17.7 Å². The van der Waals surface area contributed by atoms with Crippen LogP contribution in [0.1, 0.15) is 36.6 Å². The zero-order chi connectivity index (χ0) is 21.9. The minimum absolute atomic E-state index is 0.212. The Morgan fingerprint density at radius 3 is 2.31 bits per heavy atom. The van der Waals surface area contributed by atoms with Crippen molar-refractivity contribution < 1.29 is 17.9 Å². The Balaban J connectivity index is 2.34. The van der Waals surface area contributed by atoms with Crippen molar-refractivity contribution >= 4 is 33.2 Å². The number of carbonyl (C=O) groups is 1. The quantitative estimate of drug-likeness (QED) is 0.708. The second-order valence-electron chi connectivity index (χ2n) is 7.12. The minimum atomic E-state index is -3.79. The highest BCUT2D eigenvalue weighted by molar-refractivity contribution is 7.92. The van der Waals surface area contributed by atoms with Gasteiger partial charge in [0, 0.05) is 5.02 Å². The van der Waals surface area contributed by atoms with E-state index in [-0.39, 0.29) is 11.7 Å². The van der Waals surface area contributed by atoms with E-state index >= 15 is 0 Å². The highest BCUT2D eigenvalue weighted by atomic mass is 35.5. The van der Waals surface area contributed by atoms with E-state index in [1.165, 1.54) is 20.1 Å². The Morgan fingerprint density at radius 2 is 1.76 bits per heavy atom. The first-order chi connectivity index (χ1) is 13.5. The average molecular weight is 439 g/mol. The van der Waals surface area contributed by atoms with Gasteiger partial charge in [-0.05, 0) is 62.6 Å². The molecule has 0 aliphatic carbocycles. The molecule has 0 heterocycles. The van der Waals surface area contributed by atoms with Gasteiger partial charge in [0.2, 0.25) is 15.9 Å². The van der Waals surface area contributed by atoms with Crippen LogP contribution < -0.4 is 14.4 Å². The van der Waals surface area contributed by atoms with Gasteiger partial charge in [-0.2, -0.15) is 0 Å². The number of nitrogens with one attached hydrogen (secondary N) is 1. The number of methoxy groups -OCH3 is 1. The number of aryl methyl sites for hydroxylation is 2. The van der Waals surface area contributed by atoms with E-state index < -0.39 is 22.0 Å². The predicted octanol–water partition coefficient (Wildman–Crippen LogP) is 4.00. The standard InChI is InChI=1S/C21H27ClN2O4S/c1-13-7-8-17(11-14(13)2)15(3)23-21(25)16(4)24(29(6,26)27)19-12-18(22)9-10-20(19)28-5/h7-12,15-16H,1-6H3,(H,23,25)/t15-,16-/m0/s1. The van der Waals surface area contributed by atoms with Crippen molar-refractivity contribution in [1.82, 2.24) is 5.32 Å². The predicted molar refractivity (Wildman–Crippen MR) is 117 cm³/mol. The smallest absolute Gasteiger partial charge is 0.244 e. The largest absolute Gasteiger partial charge is 0.495 e. The summed E-state index contributed by atoms with van der Waals surface area (Å²) in [5.74, 6) is -0.120. The van der Waals surface area contributed by atoms with Crippen LogP contribution >= 0.6 is 11.6 Å². The molecule has 0 bridgehead atoms. The fraction of sp³-hybridized carbons (Fsp3) is 0.381. The van der Waals surface area contributed by atoms with E-state index in [1.54, 1.807) is 12.1 Å². The van der Waals surface area contributed by atoms with Gasteiger partial charge in [0.15, 0.2) is 0 Å². The van der Waals surface area contributed by atoms with Gasteiger partial charge in [0.25, 0.3) is 0 Å². The van der Waals surface area contributed by atoms with Crippen LogP contribution in [-0.2, 0) is 14.8 Å². The maximum Gasteiger partial charge on any atom is 0.244 e. The molecule has 158 valence electrons. The number of ether oxygens (including phenoxy) is 1. The van der Waals surface area contributed by atoms with Crippen molar-refractivity contribution in [3.05, 3.63) is 58.1 Å². The van der Waals surface area contributed by atoms with Gasteiger partial charge in [0.1, 0.15) is 11.8 Å². The van der Waals surface area contributed by atoms with Crippen molar-refractivity contribution in [3.63, 3.8) is 0 Å². The number of halogens is 1. The lowest BCUT2D eigenvalue weighted by Gasteiger charge is -2.30. The number of sulfonamides is 1. The summed E-state index contributed by atoms with van der Waals surface area (Å²) in [4.78, 5) is 12.9. The van der Waals surface area contributed by atoms with E-state index in [0.717, 1.165) is 27.3 Å². The maximum atomic E-state index is 12.9. The number of rotatable bonds is 7. The van der Waals surface area contributed by atoms with Crippen LogP contribution in [0.3, 0.4) is 0 Å². The van der Waals surface area contributed by atoms with E-state index in [1.807, 2.05) is 39.0 Å². The Morgan fingerprint density at radius 1 is 1.10 bits per heavy atom. The molecule has 2 aromatic rings. The third kappa shape index (κ3) is 5.42. The van der Waals surface area contributed by atoms with Gasteiger partial charge in [0.05, 0.1) is 25.1 Å². The fourth-order valence-electron chi connectivity index (χ4n) is 3.07. The molecule has 0 aromatic heterocycles. The average Bonchev–Trinajstić information content (AvgIpc) is 2.63. The molecule has 8 heteroatoms. The number of anilines is 1. The molecule has 0 radical (unpaired) electrons. The third-order valence-electron chi connectivity index (χ3n) is 4.86. The topological polar surface area (TPSA) is 75.7 Å². The van der Waals surface area contributed by atoms with Gasteiger partial charge in [-0.25, -0.2) is 8.42 Å². The van der Waals surface area contributed by atoms with Crippen LogP contribution in [0.15, 0.2) is 36.4 Å². The van der Waals surface area contributed by atoms with Crippen molar-refractivity contribution in [2.45, 2.75) is 39.8 Å². The Labute approximate surface area is 177 Å².